The lowest BCUT2D eigenvalue weighted by molar-refractivity contribution is 0.363. The van der Waals surface area contributed by atoms with Gasteiger partial charge in [-0.1, -0.05) is 47.5 Å². The van der Waals surface area contributed by atoms with Crippen molar-refractivity contribution in [3.05, 3.63) is 68.1 Å². The van der Waals surface area contributed by atoms with Crippen LogP contribution in [-0.4, -0.2) is 6.61 Å². The molecule has 0 atom stereocenters. The Morgan fingerprint density at radius 1 is 1.09 bits per heavy atom. The largest absolute Gasteiger partial charge is 0.486 e. The predicted octanol–water partition coefficient (Wildman–Crippen LogP) is 6.59. The van der Waals surface area contributed by atoms with Gasteiger partial charge in [0.25, 0.3) is 0 Å². The molecule has 0 bridgehead atoms. The van der Waals surface area contributed by atoms with E-state index in [0.717, 1.165) is 15.7 Å². The highest BCUT2D eigenvalue weighted by molar-refractivity contribution is 9.10. The summed E-state index contributed by atoms with van der Waals surface area (Å²) in [5.74, 6) is 0.471. The van der Waals surface area contributed by atoms with E-state index in [1.165, 1.54) is 0 Å². The first-order valence-corrected chi connectivity index (χ1v) is 8.34. The Morgan fingerprint density at radius 3 is 2.36 bits per heavy atom. The molecule has 1 N–H and O–H groups in total. The Kier molecular flexibility index (Phi) is 6.45. The molecule has 0 saturated carbocycles. The van der Waals surface area contributed by atoms with Gasteiger partial charge in [-0.2, -0.15) is 0 Å². The summed E-state index contributed by atoms with van der Waals surface area (Å²) in [5, 5.41) is 4.86. The minimum Gasteiger partial charge on any atom is -0.486 e. The number of ether oxygens (including phenoxy) is 1. The van der Waals surface area contributed by atoms with Crippen LogP contribution >= 0.6 is 50.7 Å². The molecule has 0 heterocycles. The molecule has 0 aliphatic rings. The summed E-state index contributed by atoms with van der Waals surface area (Å²) in [6.07, 6.45) is 1.64. The Hall–Kier alpha value is -0.870. The Balaban J connectivity index is 2.09. The van der Waals surface area contributed by atoms with Crippen molar-refractivity contribution in [1.29, 1.82) is 0 Å². The third kappa shape index (κ3) is 4.56. The van der Waals surface area contributed by atoms with Crippen LogP contribution in [0.4, 0.5) is 5.69 Å². The minimum atomic E-state index is 0.356. The summed E-state index contributed by atoms with van der Waals surface area (Å²) < 4.78 is 6.29. The molecule has 2 aromatic carbocycles. The SMILES string of the molecule is C=CCOc1c(Cl)cc(CNc2ccc(Br)c(Cl)c2)cc1Cl. The van der Waals surface area contributed by atoms with Gasteiger partial charge in [0, 0.05) is 16.7 Å². The van der Waals surface area contributed by atoms with E-state index < -0.39 is 0 Å². The fourth-order valence-electron chi connectivity index (χ4n) is 1.80. The molecular formula is C16H13BrCl3NO. The van der Waals surface area contributed by atoms with Crippen LogP contribution < -0.4 is 10.1 Å². The molecule has 2 rings (SSSR count). The van der Waals surface area contributed by atoms with Crippen LogP contribution in [0.2, 0.25) is 15.1 Å². The van der Waals surface area contributed by atoms with E-state index in [1.807, 2.05) is 30.3 Å². The van der Waals surface area contributed by atoms with Gasteiger partial charge in [-0.05, 0) is 51.8 Å². The Labute approximate surface area is 153 Å². The summed E-state index contributed by atoms with van der Waals surface area (Å²) in [4.78, 5) is 0. The average Bonchev–Trinajstić information content (AvgIpc) is 2.48. The molecule has 6 heteroatoms. The predicted molar refractivity (Wildman–Crippen MR) is 98.6 cm³/mol. The zero-order valence-corrected chi connectivity index (χ0v) is 15.4. The van der Waals surface area contributed by atoms with Crippen molar-refractivity contribution in [2.75, 3.05) is 11.9 Å². The van der Waals surface area contributed by atoms with Gasteiger partial charge in [-0.3, -0.25) is 0 Å². The smallest absolute Gasteiger partial charge is 0.156 e. The molecule has 2 aromatic rings. The molecule has 0 fully saturated rings. The van der Waals surface area contributed by atoms with Gasteiger partial charge in [-0.15, -0.1) is 0 Å². The van der Waals surface area contributed by atoms with Crippen LogP contribution in [0.5, 0.6) is 5.75 Å². The van der Waals surface area contributed by atoms with Crippen LogP contribution in [0, 0.1) is 0 Å². The molecule has 0 saturated heterocycles. The standard InChI is InChI=1S/C16H13BrCl3NO/c1-2-5-22-16-14(19)6-10(7-15(16)20)9-21-11-3-4-12(17)13(18)8-11/h2-4,6-8,21H,1,5,9H2. The average molecular weight is 422 g/mol. The van der Waals surface area contributed by atoms with Crippen molar-refractivity contribution >= 4 is 56.4 Å². The molecule has 0 spiro atoms. The van der Waals surface area contributed by atoms with Gasteiger partial charge in [-0.25, -0.2) is 0 Å². The van der Waals surface area contributed by atoms with Crippen LogP contribution in [-0.2, 0) is 6.54 Å². The number of hydrogen-bond acceptors (Lipinski definition) is 2. The third-order valence-corrected chi connectivity index (χ3v) is 4.61. The monoisotopic (exact) mass is 419 g/mol. The fraction of sp³-hybridized carbons (Fsp3) is 0.125. The molecule has 0 aromatic heterocycles. The molecule has 0 radical (unpaired) electrons. The fourth-order valence-corrected chi connectivity index (χ4v) is 2.87. The van der Waals surface area contributed by atoms with Gasteiger partial charge in [0.05, 0.1) is 15.1 Å². The van der Waals surface area contributed by atoms with Gasteiger partial charge < -0.3 is 10.1 Å². The molecule has 0 amide bonds. The van der Waals surface area contributed by atoms with Crippen LogP contribution in [0.25, 0.3) is 0 Å². The first-order chi connectivity index (χ1) is 10.5. The van der Waals surface area contributed by atoms with E-state index in [1.54, 1.807) is 6.08 Å². The quantitative estimate of drug-likeness (QED) is 0.532. The number of hydrogen-bond donors (Lipinski definition) is 1. The number of rotatable bonds is 6. The summed E-state index contributed by atoms with van der Waals surface area (Å²) in [7, 11) is 0. The van der Waals surface area contributed by atoms with E-state index in [2.05, 4.69) is 27.8 Å². The second kappa shape index (κ2) is 8.11. The van der Waals surface area contributed by atoms with Crippen molar-refractivity contribution in [1.82, 2.24) is 0 Å². The van der Waals surface area contributed by atoms with Crippen molar-refractivity contribution in [3.63, 3.8) is 0 Å². The van der Waals surface area contributed by atoms with E-state index in [9.17, 15) is 0 Å². The molecule has 22 heavy (non-hydrogen) atoms. The Morgan fingerprint density at radius 2 is 1.77 bits per heavy atom. The zero-order chi connectivity index (χ0) is 16.1. The van der Waals surface area contributed by atoms with E-state index in [4.69, 9.17) is 39.5 Å². The van der Waals surface area contributed by atoms with Crippen LogP contribution in [0.1, 0.15) is 5.56 Å². The second-order valence-corrected chi connectivity index (χ2v) is 6.55. The maximum absolute atomic E-state index is 6.20. The third-order valence-electron chi connectivity index (χ3n) is 2.82. The van der Waals surface area contributed by atoms with Crippen molar-refractivity contribution in [3.8, 4) is 5.75 Å². The molecule has 0 unspecified atom stereocenters. The van der Waals surface area contributed by atoms with Gasteiger partial charge in [0.15, 0.2) is 5.75 Å². The summed E-state index contributed by atoms with van der Waals surface area (Å²) >= 11 is 21.8. The zero-order valence-electron chi connectivity index (χ0n) is 11.5. The molecular weight excluding hydrogens is 408 g/mol. The number of benzene rings is 2. The number of nitrogens with one attached hydrogen (secondary N) is 1. The normalized spacial score (nSPS) is 10.4. The highest BCUT2D eigenvalue weighted by Crippen LogP contribution is 2.34. The maximum Gasteiger partial charge on any atom is 0.156 e. The molecule has 116 valence electrons. The highest BCUT2D eigenvalue weighted by Gasteiger charge is 2.09. The van der Waals surface area contributed by atoms with E-state index >= 15 is 0 Å². The summed E-state index contributed by atoms with van der Waals surface area (Å²) in [6.45, 7) is 4.52. The molecule has 0 aliphatic carbocycles. The summed E-state index contributed by atoms with van der Waals surface area (Å²) in [6, 6.07) is 9.30. The summed E-state index contributed by atoms with van der Waals surface area (Å²) in [5.41, 5.74) is 1.85. The maximum atomic E-state index is 6.20. The molecule has 0 aliphatic heterocycles. The topological polar surface area (TPSA) is 21.3 Å². The molecule has 2 nitrogen and oxygen atoms in total. The second-order valence-electron chi connectivity index (χ2n) is 4.47. The first-order valence-electron chi connectivity index (χ1n) is 6.42. The van der Waals surface area contributed by atoms with Gasteiger partial charge >= 0.3 is 0 Å². The number of halogens is 4. The van der Waals surface area contributed by atoms with E-state index in [-0.39, 0.29) is 0 Å². The first kappa shape index (κ1) is 17.5. The van der Waals surface area contributed by atoms with Crippen molar-refractivity contribution in [2.24, 2.45) is 0 Å². The van der Waals surface area contributed by atoms with Crippen LogP contribution in [0.3, 0.4) is 0 Å². The van der Waals surface area contributed by atoms with Crippen LogP contribution in [0.15, 0.2) is 47.5 Å². The Bertz CT molecular complexity index is 668. The van der Waals surface area contributed by atoms with E-state index in [0.29, 0.717) is 34.0 Å². The minimum absolute atomic E-state index is 0.356. The lowest BCUT2D eigenvalue weighted by Gasteiger charge is -2.12. The van der Waals surface area contributed by atoms with Crippen molar-refractivity contribution < 1.29 is 4.74 Å². The van der Waals surface area contributed by atoms with Gasteiger partial charge in [0.2, 0.25) is 0 Å². The number of anilines is 1. The highest BCUT2D eigenvalue weighted by atomic mass is 79.9. The lowest BCUT2D eigenvalue weighted by Crippen LogP contribution is -2.01. The van der Waals surface area contributed by atoms with Crippen molar-refractivity contribution in [2.45, 2.75) is 6.54 Å². The lowest BCUT2D eigenvalue weighted by atomic mass is 10.2. The van der Waals surface area contributed by atoms with Gasteiger partial charge in [0.1, 0.15) is 6.61 Å².